The lowest BCUT2D eigenvalue weighted by Gasteiger charge is -2.38. The van der Waals surface area contributed by atoms with Crippen molar-refractivity contribution in [3.05, 3.63) is 0 Å². The van der Waals surface area contributed by atoms with Crippen LogP contribution >= 0.6 is 12.4 Å². The fourth-order valence-electron chi connectivity index (χ4n) is 2.18. The Balaban J connectivity index is 0.00000144. The molecule has 1 saturated carbocycles. The quantitative estimate of drug-likeness (QED) is 0.750. The summed E-state index contributed by atoms with van der Waals surface area (Å²) >= 11 is 0. The number of nitrogens with one attached hydrogen (secondary N) is 1. The second kappa shape index (κ2) is 5.69. The Morgan fingerprint density at radius 3 is 2.59 bits per heavy atom. The maximum atomic E-state index is 11.6. The third-order valence-corrected chi connectivity index (χ3v) is 3.49. The zero-order valence-electron chi connectivity index (χ0n) is 9.91. The topological polar surface area (TPSA) is 75.4 Å². The fourth-order valence-corrected chi connectivity index (χ4v) is 2.18. The summed E-state index contributed by atoms with van der Waals surface area (Å²) < 4.78 is 0. The fraction of sp³-hybridized carbons (Fsp3) is 0.818. The number of amides is 2. The highest BCUT2D eigenvalue weighted by molar-refractivity contribution is 5.86. The Morgan fingerprint density at radius 1 is 1.41 bits per heavy atom. The summed E-state index contributed by atoms with van der Waals surface area (Å²) in [5.74, 6) is -0.00627. The molecule has 1 aliphatic heterocycles. The molecule has 0 aromatic carbocycles. The van der Waals surface area contributed by atoms with E-state index >= 15 is 0 Å². The first-order valence-corrected chi connectivity index (χ1v) is 5.92. The summed E-state index contributed by atoms with van der Waals surface area (Å²) in [7, 11) is 0. The summed E-state index contributed by atoms with van der Waals surface area (Å²) in [6, 6.07) is 0. The van der Waals surface area contributed by atoms with E-state index in [0.29, 0.717) is 19.5 Å². The molecule has 1 aliphatic carbocycles. The van der Waals surface area contributed by atoms with Crippen molar-refractivity contribution in [3.63, 3.8) is 0 Å². The molecule has 3 N–H and O–H groups in total. The molecule has 2 rings (SSSR count). The van der Waals surface area contributed by atoms with E-state index in [1.165, 1.54) is 0 Å². The summed E-state index contributed by atoms with van der Waals surface area (Å²) in [6.45, 7) is 1.43. The van der Waals surface area contributed by atoms with Crippen molar-refractivity contribution in [2.75, 3.05) is 19.6 Å². The molecule has 0 atom stereocenters. The lowest BCUT2D eigenvalue weighted by molar-refractivity contribution is -0.133. The number of carbonyl (C=O) groups is 2. The highest BCUT2D eigenvalue weighted by Crippen LogP contribution is 2.27. The van der Waals surface area contributed by atoms with E-state index in [1.807, 2.05) is 0 Å². The second-order valence-electron chi connectivity index (χ2n) is 4.91. The average molecular weight is 262 g/mol. The van der Waals surface area contributed by atoms with E-state index in [4.69, 9.17) is 5.73 Å². The third-order valence-electron chi connectivity index (χ3n) is 3.49. The van der Waals surface area contributed by atoms with Crippen molar-refractivity contribution in [1.82, 2.24) is 10.2 Å². The van der Waals surface area contributed by atoms with E-state index in [-0.39, 0.29) is 36.3 Å². The minimum absolute atomic E-state index is 0. The van der Waals surface area contributed by atoms with Crippen LogP contribution in [0.15, 0.2) is 0 Å². The van der Waals surface area contributed by atoms with Crippen LogP contribution in [0.25, 0.3) is 0 Å². The molecule has 0 aromatic heterocycles. The molecule has 98 valence electrons. The smallest absolute Gasteiger partial charge is 0.239 e. The minimum Gasteiger partial charge on any atom is -0.353 e. The highest BCUT2D eigenvalue weighted by Gasteiger charge is 2.33. The summed E-state index contributed by atoms with van der Waals surface area (Å²) in [5.41, 5.74) is 5.80. The van der Waals surface area contributed by atoms with E-state index in [0.717, 1.165) is 25.7 Å². The van der Waals surface area contributed by atoms with Crippen LogP contribution in [-0.2, 0) is 9.59 Å². The van der Waals surface area contributed by atoms with Gasteiger partial charge >= 0.3 is 0 Å². The summed E-state index contributed by atoms with van der Waals surface area (Å²) in [5, 5.41) is 2.81. The molecule has 6 heteroatoms. The molecule has 2 fully saturated rings. The standard InChI is InChI=1S/C11H19N3O2.ClH/c12-11(4-2-5-11)8-13-9(15)7-14-6-1-3-10(14)16;/h1-8,12H2,(H,13,15);1H. The van der Waals surface area contributed by atoms with Gasteiger partial charge in [0.1, 0.15) is 0 Å². The Kier molecular flexibility index (Phi) is 4.77. The van der Waals surface area contributed by atoms with Gasteiger partial charge in [-0.05, 0) is 25.7 Å². The Bertz CT molecular complexity index is 305. The first kappa shape index (κ1) is 14.3. The average Bonchev–Trinajstić information content (AvgIpc) is 2.59. The van der Waals surface area contributed by atoms with Gasteiger partial charge in [0.25, 0.3) is 0 Å². The van der Waals surface area contributed by atoms with Crippen LogP contribution < -0.4 is 11.1 Å². The normalized spacial score (nSPS) is 21.7. The number of nitrogens with two attached hydrogens (primary N) is 1. The molecule has 2 amide bonds. The number of nitrogens with zero attached hydrogens (tertiary/aromatic N) is 1. The molecule has 0 aromatic rings. The summed E-state index contributed by atoms with van der Waals surface area (Å²) in [6.07, 6.45) is 4.56. The largest absolute Gasteiger partial charge is 0.353 e. The number of hydrogen-bond acceptors (Lipinski definition) is 3. The summed E-state index contributed by atoms with van der Waals surface area (Å²) in [4.78, 5) is 24.5. The van der Waals surface area contributed by atoms with Gasteiger partial charge in [-0.15, -0.1) is 12.4 Å². The second-order valence-corrected chi connectivity index (χ2v) is 4.91. The molecule has 1 heterocycles. The maximum absolute atomic E-state index is 11.6. The number of likely N-dealkylation sites (tertiary alicyclic amines) is 1. The molecular formula is C11H20ClN3O2. The third kappa shape index (κ3) is 3.57. The van der Waals surface area contributed by atoms with Gasteiger partial charge in [0.2, 0.25) is 11.8 Å². The molecule has 0 unspecified atom stereocenters. The van der Waals surface area contributed by atoms with Crippen LogP contribution in [0, 0.1) is 0 Å². The van der Waals surface area contributed by atoms with Crippen molar-refractivity contribution in [2.24, 2.45) is 5.73 Å². The maximum Gasteiger partial charge on any atom is 0.239 e. The van der Waals surface area contributed by atoms with Crippen LogP contribution in [0.1, 0.15) is 32.1 Å². The molecule has 0 spiro atoms. The van der Waals surface area contributed by atoms with Crippen molar-refractivity contribution in [1.29, 1.82) is 0 Å². The Hall–Kier alpha value is -0.810. The van der Waals surface area contributed by atoms with Gasteiger partial charge < -0.3 is 16.0 Å². The van der Waals surface area contributed by atoms with Gasteiger partial charge in [0.15, 0.2) is 0 Å². The van der Waals surface area contributed by atoms with Crippen LogP contribution in [0.2, 0.25) is 0 Å². The number of rotatable bonds is 4. The van der Waals surface area contributed by atoms with Crippen molar-refractivity contribution in [2.45, 2.75) is 37.6 Å². The molecule has 1 saturated heterocycles. The minimum atomic E-state index is -0.190. The van der Waals surface area contributed by atoms with E-state index in [9.17, 15) is 9.59 Å². The van der Waals surface area contributed by atoms with Gasteiger partial charge in [0.05, 0.1) is 6.54 Å². The van der Waals surface area contributed by atoms with Gasteiger partial charge in [0, 0.05) is 25.0 Å². The molecule has 17 heavy (non-hydrogen) atoms. The van der Waals surface area contributed by atoms with Crippen LogP contribution in [-0.4, -0.2) is 41.9 Å². The van der Waals surface area contributed by atoms with Gasteiger partial charge in [-0.25, -0.2) is 0 Å². The number of halogens is 1. The predicted molar refractivity (Wildman–Crippen MR) is 66.8 cm³/mol. The van der Waals surface area contributed by atoms with Gasteiger partial charge in [-0.3, -0.25) is 9.59 Å². The zero-order valence-corrected chi connectivity index (χ0v) is 10.7. The lowest BCUT2D eigenvalue weighted by atomic mass is 9.78. The highest BCUT2D eigenvalue weighted by atomic mass is 35.5. The van der Waals surface area contributed by atoms with E-state index < -0.39 is 0 Å². The van der Waals surface area contributed by atoms with Crippen molar-refractivity contribution >= 4 is 24.2 Å². The Morgan fingerprint density at radius 2 is 2.12 bits per heavy atom. The van der Waals surface area contributed by atoms with Crippen LogP contribution in [0.3, 0.4) is 0 Å². The van der Waals surface area contributed by atoms with E-state index in [1.54, 1.807) is 4.90 Å². The van der Waals surface area contributed by atoms with Gasteiger partial charge in [-0.2, -0.15) is 0 Å². The van der Waals surface area contributed by atoms with E-state index in [2.05, 4.69) is 5.32 Å². The first-order valence-electron chi connectivity index (χ1n) is 5.92. The number of carbonyl (C=O) groups excluding carboxylic acids is 2. The molecule has 2 aliphatic rings. The predicted octanol–water partition coefficient (Wildman–Crippen LogP) is 0.0282. The molecule has 0 bridgehead atoms. The SMILES string of the molecule is Cl.NC1(CNC(=O)CN2CCCC2=O)CCC1. The monoisotopic (exact) mass is 261 g/mol. The van der Waals surface area contributed by atoms with Gasteiger partial charge in [-0.1, -0.05) is 0 Å². The van der Waals surface area contributed by atoms with Crippen molar-refractivity contribution < 1.29 is 9.59 Å². The lowest BCUT2D eigenvalue weighted by Crippen LogP contribution is -2.55. The zero-order chi connectivity index (χ0) is 11.6. The Labute approximate surface area is 108 Å². The molecular weight excluding hydrogens is 242 g/mol. The molecule has 5 nitrogen and oxygen atoms in total. The van der Waals surface area contributed by atoms with Crippen molar-refractivity contribution in [3.8, 4) is 0 Å². The molecule has 0 radical (unpaired) electrons. The number of hydrogen-bond donors (Lipinski definition) is 2. The van der Waals surface area contributed by atoms with Crippen LogP contribution in [0.4, 0.5) is 0 Å². The van der Waals surface area contributed by atoms with Crippen LogP contribution in [0.5, 0.6) is 0 Å². The first-order chi connectivity index (χ1) is 7.59.